The van der Waals surface area contributed by atoms with Gasteiger partial charge in [0.25, 0.3) is 0 Å². The van der Waals surface area contributed by atoms with E-state index in [-0.39, 0.29) is 11.8 Å². The van der Waals surface area contributed by atoms with Gasteiger partial charge in [-0.3, -0.25) is 9.59 Å². The van der Waals surface area contributed by atoms with Crippen LogP contribution in [0.2, 0.25) is 0 Å². The lowest BCUT2D eigenvalue weighted by molar-refractivity contribution is -0.160. The van der Waals surface area contributed by atoms with Crippen LogP contribution in [-0.4, -0.2) is 35.5 Å². The molecule has 0 aromatic heterocycles. The fourth-order valence-electron chi connectivity index (χ4n) is 2.61. The molecule has 1 aliphatic rings. The zero-order valence-corrected chi connectivity index (χ0v) is 10.2. The second-order valence-electron chi connectivity index (χ2n) is 5.50. The molecule has 92 valence electrons. The Morgan fingerprint density at radius 3 is 2.25 bits per heavy atom. The van der Waals surface area contributed by atoms with Crippen LogP contribution in [0.25, 0.3) is 0 Å². The number of ketones is 1. The fraction of sp³-hybridized carbons (Fsp3) is 0.818. The minimum absolute atomic E-state index is 0.128. The molecule has 0 bridgehead atoms. The maximum atomic E-state index is 11.8. The summed E-state index contributed by atoms with van der Waals surface area (Å²) in [6.45, 7) is 6.81. The van der Waals surface area contributed by atoms with E-state index in [0.717, 1.165) is 0 Å². The highest BCUT2D eigenvalue weighted by Gasteiger charge is 2.62. The van der Waals surface area contributed by atoms with E-state index in [9.17, 15) is 9.59 Å². The second-order valence-corrected chi connectivity index (χ2v) is 5.50. The van der Waals surface area contributed by atoms with Gasteiger partial charge >= 0.3 is 0 Å². The first-order valence-electron chi connectivity index (χ1n) is 5.37. The Hall–Kier alpha value is -0.940. The van der Waals surface area contributed by atoms with Crippen LogP contribution >= 0.6 is 0 Å². The van der Waals surface area contributed by atoms with Crippen molar-refractivity contribution in [1.29, 1.82) is 0 Å². The monoisotopic (exact) mass is 228 g/mol. The van der Waals surface area contributed by atoms with E-state index >= 15 is 0 Å². The molecule has 0 aliphatic heterocycles. The summed E-state index contributed by atoms with van der Waals surface area (Å²) >= 11 is 0. The van der Waals surface area contributed by atoms with Gasteiger partial charge in [0.2, 0.25) is 5.91 Å². The van der Waals surface area contributed by atoms with Crippen molar-refractivity contribution in [1.82, 2.24) is 5.32 Å². The maximum Gasteiger partial charge on any atom is 0.239 e. The summed E-state index contributed by atoms with van der Waals surface area (Å²) in [5.41, 5.74) is 4.29. The normalized spacial score (nSPS) is 24.8. The summed E-state index contributed by atoms with van der Waals surface area (Å²) in [7, 11) is 0. The number of aliphatic hydroxyl groups excluding tert-OH is 1. The van der Waals surface area contributed by atoms with E-state index in [4.69, 9.17) is 10.8 Å². The summed E-state index contributed by atoms with van der Waals surface area (Å²) in [5, 5.41) is 11.5. The lowest BCUT2D eigenvalue weighted by atomic mass is 9.51. The van der Waals surface area contributed by atoms with Crippen molar-refractivity contribution < 1.29 is 14.7 Å². The summed E-state index contributed by atoms with van der Waals surface area (Å²) in [6, 6.07) is -1.17. The average molecular weight is 228 g/mol. The summed E-state index contributed by atoms with van der Waals surface area (Å²) in [6.07, 6.45) is 0. The van der Waals surface area contributed by atoms with Gasteiger partial charge in [-0.1, -0.05) is 27.7 Å². The minimum atomic E-state index is -0.928. The molecule has 16 heavy (non-hydrogen) atoms. The zero-order valence-electron chi connectivity index (χ0n) is 10.2. The van der Waals surface area contributed by atoms with E-state index in [1.165, 1.54) is 0 Å². The SMILES string of the molecule is CC1(C)C(=O)C(C)(C)C1NC(=O)[C@H](N)CO. The molecule has 1 fully saturated rings. The molecule has 1 aliphatic carbocycles. The molecule has 4 N–H and O–H groups in total. The topological polar surface area (TPSA) is 92.4 Å². The molecule has 0 heterocycles. The molecular formula is C11H20N2O3. The van der Waals surface area contributed by atoms with Crippen molar-refractivity contribution in [3.05, 3.63) is 0 Å². The van der Waals surface area contributed by atoms with E-state index in [2.05, 4.69) is 5.32 Å². The molecule has 5 nitrogen and oxygen atoms in total. The Balaban J connectivity index is 2.75. The van der Waals surface area contributed by atoms with Gasteiger partial charge in [0, 0.05) is 10.8 Å². The van der Waals surface area contributed by atoms with E-state index < -0.39 is 29.4 Å². The third-order valence-electron chi connectivity index (χ3n) is 3.43. The molecule has 0 radical (unpaired) electrons. The summed E-state index contributed by atoms with van der Waals surface area (Å²) in [4.78, 5) is 23.4. The van der Waals surface area contributed by atoms with Crippen LogP contribution in [0.15, 0.2) is 0 Å². The van der Waals surface area contributed by atoms with Crippen LogP contribution in [0.1, 0.15) is 27.7 Å². The quantitative estimate of drug-likeness (QED) is 0.603. The van der Waals surface area contributed by atoms with Gasteiger partial charge in [-0.25, -0.2) is 0 Å². The Labute approximate surface area is 95.4 Å². The zero-order chi connectivity index (χ0) is 12.7. The van der Waals surface area contributed by atoms with Gasteiger partial charge < -0.3 is 16.2 Å². The molecule has 1 amide bonds. The van der Waals surface area contributed by atoms with Crippen molar-refractivity contribution in [2.24, 2.45) is 16.6 Å². The molecule has 0 aromatic carbocycles. The minimum Gasteiger partial charge on any atom is -0.394 e. The lowest BCUT2D eigenvalue weighted by Crippen LogP contribution is -2.71. The third-order valence-corrected chi connectivity index (χ3v) is 3.43. The number of nitrogens with one attached hydrogen (secondary N) is 1. The largest absolute Gasteiger partial charge is 0.394 e. The third kappa shape index (κ3) is 1.74. The van der Waals surface area contributed by atoms with Crippen LogP contribution in [0.5, 0.6) is 0 Å². The number of carbonyl (C=O) groups is 2. The van der Waals surface area contributed by atoms with E-state index in [1.807, 2.05) is 0 Å². The molecule has 1 saturated carbocycles. The standard InChI is InChI=1S/C11H20N2O3/c1-10(2)8(11(3,4)9(10)16)13-7(15)6(12)5-14/h6,8,14H,5,12H2,1-4H3,(H,13,15)/t6-/m1/s1. The van der Waals surface area contributed by atoms with Crippen LogP contribution in [-0.2, 0) is 9.59 Å². The van der Waals surface area contributed by atoms with Crippen LogP contribution in [0, 0.1) is 10.8 Å². The molecule has 0 saturated heterocycles. The highest BCUT2D eigenvalue weighted by molar-refractivity contribution is 5.99. The molecule has 0 spiro atoms. The summed E-state index contributed by atoms with van der Waals surface area (Å²) in [5.74, 6) is -0.288. The van der Waals surface area contributed by atoms with Crippen LogP contribution in [0.4, 0.5) is 0 Å². The highest BCUT2D eigenvalue weighted by Crippen LogP contribution is 2.49. The Morgan fingerprint density at radius 1 is 1.44 bits per heavy atom. The first-order valence-corrected chi connectivity index (χ1v) is 5.37. The van der Waals surface area contributed by atoms with Crippen molar-refractivity contribution in [3.8, 4) is 0 Å². The molecular weight excluding hydrogens is 208 g/mol. The van der Waals surface area contributed by atoms with Crippen molar-refractivity contribution in [2.45, 2.75) is 39.8 Å². The molecule has 1 atom stereocenters. The Kier molecular flexibility index (Phi) is 3.13. The summed E-state index contributed by atoms with van der Waals surface area (Å²) < 4.78 is 0. The highest BCUT2D eigenvalue weighted by atomic mass is 16.3. The van der Waals surface area contributed by atoms with E-state index in [1.54, 1.807) is 27.7 Å². The van der Waals surface area contributed by atoms with Gasteiger partial charge in [-0.2, -0.15) is 0 Å². The number of nitrogens with two attached hydrogens (primary N) is 1. The van der Waals surface area contributed by atoms with Gasteiger partial charge in [0.05, 0.1) is 12.6 Å². The number of hydrogen-bond donors (Lipinski definition) is 3. The van der Waals surface area contributed by atoms with Gasteiger partial charge in [-0.15, -0.1) is 0 Å². The number of rotatable bonds is 3. The van der Waals surface area contributed by atoms with Crippen LogP contribution in [0.3, 0.4) is 0 Å². The predicted molar refractivity (Wildman–Crippen MR) is 59.6 cm³/mol. The first-order chi connectivity index (χ1) is 7.15. The maximum absolute atomic E-state index is 11.8. The molecule has 5 heteroatoms. The molecule has 0 unspecified atom stereocenters. The van der Waals surface area contributed by atoms with Gasteiger partial charge in [-0.05, 0) is 0 Å². The number of amides is 1. The number of hydrogen-bond acceptors (Lipinski definition) is 4. The number of carbonyl (C=O) groups excluding carboxylic acids is 2. The van der Waals surface area contributed by atoms with Crippen molar-refractivity contribution in [3.63, 3.8) is 0 Å². The van der Waals surface area contributed by atoms with Crippen molar-refractivity contribution >= 4 is 11.7 Å². The van der Waals surface area contributed by atoms with E-state index in [0.29, 0.717) is 0 Å². The van der Waals surface area contributed by atoms with Crippen LogP contribution < -0.4 is 11.1 Å². The van der Waals surface area contributed by atoms with Crippen molar-refractivity contribution in [2.75, 3.05) is 6.61 Å². The predicted octanol–water partition coefficient (Wildman–Crippen LogP) is -0.574. The number of aliphatic hydroxyl groups is 1. The second kappa shape index (κ2) is 3.82. The molecule has 0 aromatic rings. The number of Topliss-reactive ketones (excluding diaryl/α,β-unsaturated/α-hetero) is 1. The smallest absolute Gasteiger partial charge is 0.239 e. The first kappa shape index (κ1) is 13.1. The Bertz CT molecular complexity index is 305. The average Bonchev–Trinajstić information content (AvgIpc) is 2.22. The van der Waals surface area contributed by atoms with Gasteiger partial charge in [0.1, 0.15) is 11.8 Å². The molecule has 1 rings (SSSR count). The lowest BCUT2D eigenvalue weighted by Gasteiger charge is -2.55. The van der Waals surface area contributed by atoms with Gasteiger partial charge in [0.15, 0.2) is 0 Å². The fourth-order valence-corrected chi connectivity index (χ4v) is 2.61. The Morgan fingerprint density at radius 2 is 1.88 bits per heavy atom.